The van der Waals surface area contributed by atoms with Crippen LogP contribution in [-0.4, -0.2) is 47.6 Å². The minimum absolute atomic E-state index is 0.100. The minimum Gasteiger partial charge on any atom is -0.350 e. The number of aromatic nitrogens is 6. The lowest BCUT2D eigenvalue weighted by atomic mass is 10.1. The molecule has 12 heteroatoms. The van der Waals surface area contributed by atoms with E-state index in [2.05, 4.69) is 30.9 Å². The zero-order chi connectivity index (χ0) is 25.1. The van der Waals surface area contributed by atoms with Crippen LogP contribution in [0.1, 0.15) is 46.0 Å². The van der Waals surface area contributed by atoms with Crippen LogP contribution >= 0.6 is 23.2 Å². The van der Waals surface area contributed by atoms with E-state index >= 15 is 0 Å². The van der Waals surface area contributed by atoms with Crippen LogP contribution in [0.3, 0.4) is 0 Å². The van der Waals surface area contributed by atoms with Gasteiger partial charge in [-0.2, -0.15) is 20.1 Å². The van der Waals surface area contributed by atoms with Crippen molar-refractivity contribution in [1.29, 1.82) is 0 Å². The van der Waals surface area contributed by atoms with E-state index in [1.54, 1.807) is 49.8 Å². The summed E-state index contributed by atoms with van der Waals surface area (Å²) in [6.07, 6.45) is 4.65. The highest BCUT2D eigenvalue weighted by Crippen LogP contribution is 2.27. The molecule has 0 saturated carbocycles. The van der Waals surface area contributed by atoms with Crippen LogP contribution < -0.4 is 10.6 Å². The maximum Gasteiger partial charge on any atom is 0.274 e. The number of amides is 2. The van der Waals surface area contributed by atoms with Crippen molar-refractivity contribution in [3.05, 3.63) is 81.5 Å². The van der Waals surface area contributed by atoms with Crippen molar-refractivity contribution in [2.24, 2.45) is 0 Å². The van der Waals surface area contributed by atoms with Crippen molar-refractivity contribution in [3.63, 3.8) is 0 Å². The standard InChI is InChI=1S/C23H22Cl2N8O2/c1-13(2)29-22(34)17-10-15(24)9-14(3)20(17)30-23(35)19-11-16(12-32-27-7-8-28-32)31-33(19)21-18(25)5-4-6-26-21/h4-11,13H,12H2,1-3H3,(H,29,34)(H,30,35). The van der Waals surface area contributed by atoms with E-state index in [0.717, 1.165) is 0 Å². The number of carbonyl (C=O) groups is 2. The summed E-state index contributed by atoms with van der Waals surface area (Å²) in [5, 5.41) is 19.1. The summed E-state index contributed by atoms with van der Waals surface area (Å²) in [5.74, 6) is -0.583. The van der Waals surface area contributed by atoms with E-state index in [9.17, 15) is 9.59 Å². The van der Waals surface area contributed by atoms with Gasteiger partial charge in [0.05, 0.1) is 34.4 Å². The smallest absolute Gasteiger partial charge is 0.274 e. The number of hydrogen-bond donors (Lipinski definition) is 2. The van der Waals surface area contributed by atoms with Gasteiger partial charge in [0, 0.05) is 17.3 Å². The number of pyridine rings is 1. The predicted molar refractivity (Wildman–Crippen MR) is 132 cm³/mol. The highest BCUT2D eigenvalue weighted by Gasteiger charge is 2.23. The first-order chi connectivity index (χ1) is 16.7. The van der Waals surface area contributed by atoms with E-state index in [-0.39, 0.29) is 35.6 Å². The quantitative estimate of drug-likeness (QED) is 0.387. The van der Waals surface area contributed by atoms with Crippen LogP contribution in [0.15, 0.2) is 48.9 Å². The lowest BCUT2D eigenvalue weighted by Crippen LogP contribution is -2.31. The van der Waals surface area contributed by atoms with Crippen LogP contribution in [0.4, 0.5) is 5.69 Å². The molecule has 4 rings (SSSR count). The number of nitrogens with one attached hydrogen (secondary N) is 2. The fourth-order valence-corrected chi connectivity index (χ4v) is 3.91. The number of halogens is 2. The summed E-state index contributed by atoms with van der Waals surface area (Å²) in [4.78, 5) is 32.1. The molecule has 3 aromatic heterocycles. The van der Waals surface area contributed by atoms with Crippen LogP contribution in [0.5, 0.6) is 0 Å². The van der Waals surface area contributed by atoms with E-state index in [4.69, 9.17) is 23.2 Å². The topological polar surface area (TPSA) is 120 Å². The molecule has 180 valence electrons. The first-order valence-electron chi connectivity index (χ1n) is 10.7. The summed E-state index contributed by atoms with van der Waals surface area (Å²) < 4.78 is 1.36. The van der Waals surface area contributed by atoms with Gasteiger partial charge in [0.25, 0.3) is 11.8 Å². The predicted octanol–water partition coefficient (Wildman–Crippen LogP) is 3.91. The van der Waals surface area contributed by atoms with Crippen LogP contribution in [-0.2, 0) is 6.54 Å². The molecule has 0 unspecified atom stereocenters. The minimum atomic E-state index is -0.511. The van der Waals surface area contributed by atoms with Gasteiger partial charge in [-0.1, -0.05) is 23.2 Å². The lowest BCUT2D eigenvalue weighted by Gasteiger charge is -2.16. The highest BCUT2D eigenvalue weighted by atomic mass is 35.5. The van der Waals surface area contributed by atoms with Gasteiger partial charge in [-0.3, -0.25) is 9.59 Å². The Bertz CT molecular complexity index is 1380. The Labute approximate surface area is 211 Å². The Morgan fingerprint density at radius 3 is 2.49 bits per heavy atom. The largest absolute Gasteiger partial charge is 0.350 e. The third kappa shape index (κ3) is 5.50. The van der Waals surface area contributed by atoms with Gasteiger partial charge in [-0.15, -0.1) is 0 Å². The molecule has 2 amide bonds. The molecule has 35 heavy (non-hydrogen) atoms. The number of benzene rings is 1. The summed E-state index contributed by atoms with van der Waals surface area (Å²) in [5.41, 5.74) is 1.89. The Hall–Kier alpha value is -3.76. The van der Waals surface area contributed by atoms with Crippen LogP contribution in [0.2, 0.25) is 10.0 Å². The zero-order valence-corrected chi connectivity index (χ0v) is 20.7. The molecule has 0 saturated heterocycles. The number of hydrogen-bond acceptors (Lipinski definition) is 6. The lowest BCUT2D eigenvalue weighted by molar-refractivity contribution is 0.0944. The molecular weight excluding hydrogens is 491 g/mol. The third-order valence-corrected chi connectivity index (χ3v) is 5.42. The van der Waals surface area contributed by atoms with Crippen molar-refractivity contribution in [2.45, 2.75) is 33.4 Å². The van der Waals surface area contributed by atoms with Gasteiger partial charge in [0.15, 0.2) is 5.82 Å². The van der Waals surface area contributed by atoms with Gasteiger partial charge in [0.2, 0.25) is 0 Å². The molecule has 1 aromatic carbocycles. The van der Waals surface area contributed by atoms with Crippen LogP contribution in [0, 0.1) is 6.92 Å². The molecule has 10 nitrogen and oxygen atoms in total. The SMILES string of the molecule is Cc1cc(Cl)cc(C(=O)NC(C)C)c1NC(=O)c1cc(Cn2nccn2)nn1-c1ncccc1Cl. The average molecular weight is 513 g/mol. The number of nitrogens with zero attached hydrogens (tertiary/aromatic N) is 6. The highest BCUT2D eigenvalue weighted by molar-refractivity contribution is 6.32. The molecule has 2 N–H and O–H groups in total. The van der Waals surface area contributed by atoms with Crippen molar-refractivity contribution >= 4 is 40.7 Å². The molecule has 0 spiro atoms. The fraction of sp³-hybridized carbons (Fsp3) is 0.217. The molecule has 0 bridgehead atoms. The number of carbonyl (C=O) groups excluding carboxylic acids is 2. The zero-order valence-electron chi connectivity index (χ0n) is 19.2. The summed E-state index contributed by atoms with van der Waals surface area (Å²) in [6, 6.07) is 8.02. The number of rotatable bonds is 7. The molecule has 0 aliphatic rings. The monoisotopic (exact) mass is 512 g/mol. The average Bonchev–Trinajstić information content (AvgIpc) is 3.45. The Morgan fingerprint density at radius 2 is 1.80 bits per heavy atom. The van der Waals surface area contributed by atoms with Gasteiger partial charge < -0.3 is 10.6 Å². The Morgan fingerprint density at radius 1 is 1.06 bits per heavy atom. The Balaban J connectivity index is 1.75. The summed E-state index contributed by atoms with van der Waals surface area (Å²) >= 11 is 12.6. The fourth-order valence-electron chi connectivity index (χ4n) is 3.44. The van der Waals surface area contributed by atoms with Crippen molar-refractivity contribution in [3.8, 4) is 5.82 Å². The maximum absolute atomic E-state index is 13.5. The molecular formula is C23H22Cl2N8O2. The second kappa shape index (κ2) is 10.2. The van der Waals surface area contributed by atoms with E-state index in [1.807, 2.05) is 13.8 Å². The van der Waals surface area contributed by atoms with Crippen molar-refractivity contribution in [1.82, 2.24) is 35.1 Å². The summed E-state index contributed by atoms with van der Waals surface area (Å²) in [6.45, 7) is 5.68. The number of aryl methyl sites for hydroxylation is 1. The molecule has 0 radical (unpaired) electrons. The molecule has 0 fully saturated rings. The normalized spacial score (nSPS) is 11.0. The molecule has 0 atom stereocenters. The van der Waals surface area contributed by atoms with E-state index < -0.39 is 5.91 Å². The second-order valence-corrected chi connectivity index (χ2v) is 8.87. The first kappa shape index (κ1) is 24.4. The third-order valence-electron chi connectivity index (χ3n) is 4.91. The first-order valence-corrected chi connectivity index (χ1v) is 11.4. The van der Waals surface area contributed by atoms with Crippen molar-refractivity contribution in [2.75, 3.05) is 5.32 Å². The van der Waals surface area contributed by atoms with Gasteiger partial charge in [0.1, 0.15) is 12.2 Å². The Kier molecular flexibility index (Phi) is 7.13. The van der Waals surface area contributed by atoms with Gasteiger partial charge in [-0.25, -0.2) is 9.67 Å². The van der Waals surface area contributed by atoms with Crippen molar-refractivity contribution < 1.29 is 9.59 Å². The molecule has 4 aromatic rings. The number of anilines is 1. The summed E-state index contributed by atoms with van der Waals surface area (Å²) in [7, 11) is 0. The molecule has 0 aliphatic heterocycles. The van der Waals surface area contributed by atoms with E-state index in [1.165, 1.54) is 15.5 Å². The maximum atomic E-state index is 13.5. The molecule has 0 aliphatic carbocycles. The van der Waals surface area contributed by atoms with Crippen LogP contribution in [0.25, 0.3) is 5.82 Å². The molecule has 3 heterocycles. The van der Waals surface area contributed by atoms with Gasteiger partial charge >= 0.3 is 0 Å². The second-order valence-electron chi connectivity index (χ2n) is 8.03. The van der Waals surface area contributed by atoms with Gasteiger partial charge in [-0.05, 0) is 56.7 Å². The van der Waals surface area contributed by atoms with E-state index in [0.29, 0.717) is 27.0 Å².